The molecule has 1 N–H and O–H groups in total. The maximum atomic E-state index is 3.73. The molecule has 1 aliphatic rings. The van der Waals surface area contributed by atoms with Crippen molar-refractivity contribution in [3.63, 3.8) is 0 Å². The lowest BCUT2D eigenvalue weighted by molar-refractivity contribution is 0.233. The van der Waals surface area contributed by atoms with Gasteiger partial charge in [0.15, 0.2) is 0 Å². The number of hydrogen-bond acceptors (Lipinski definition) is 1. The molecule has 1 aromatic rings. The third-order valence-corrected chi connectivity index (χ3v) is 5.43. The van der Waals surface area contributed by atoms with E-state index < -0.39 is 0 Å². The van der Waals surface area contributed by atoms with Crippen molar-refractivity contribution in [2.75, 3.05) is 6.54 Å². The number of rotatable bonds is 4. The Kier molecular flexibility index (Phi) is 5.91. The molecular weight excluding hydrogens is 366 g/mol. The minimum Gasteiger partial charge on any atom is -0.310 e. The number of hydrogen-bond donors (Lipinski definition) is 1. The van der Waals surface area contributed by atoms with Crippen LogP contribution in [0.3, 0.4) is 0 Å². The van der Waals surface area contributed by atoms with Crippen molar-refractivity contribution >= 4 is 31.9 Å². The molecule has 1 nitrogen and oxygen atoms in total. The summed E-state index contributed by atoms with van der Waals surface area (Å²) in [5.74, 6) is 1.68. The maximum absolute atomic E-state index is 3.73. The first-order chi connectivity index (χ1) is 9.11. The molecule has 0 aliphatic heterocycles. The van der Waals surface area contributed by atoms with Gasteiger partial charge in [-0.1, -0.05) is 64.6 Å². The van der Waals surface area contributed by atoms with Crippen molar-refractivity contribution in [1.29, 1.82) is 0 Å². The van der Waals surface area contributed by atoms with Crippen LogP contribution >= 0.6 is 31.9 Å². The largest absolute Gasteiger partial charge is 0.310 e. The summed E-state index contributed by atoms with van der Waals surface area (Å²) < 4.78 is 2.35. The highest BCUT2D eigenvalue weighted by atomic mass is 79.9. The molecule has 1 aromatic carbocycles. The van der Waals surface area contributed by atoms with Gasteiger partial charge in [-0.15, -0.1) is 0 Å². The molecule has 1 fully saturated rings. The van der Waals surface area contributed by atoms with E-state index >= 15 is 0 Å². The van der Waals surface area contributed by atoms with Crippen LogP contribution in [0.25, 0.3) is 0 Å². The highest BCUT2D eigenvalue weighted by Crippen LogP contribution is 2.39. The van der Waals surface area contributed by atoms with Crippen molar-refractivity contribution in [2.45, 2.75) is 45.6 Å². The van der Waals surface area contributed by atoms with Gasteiger partial charge in [0.25, 0.3) is 0 Å². The van der Waals surface area contributed by atoms with Gasteiger partial charge >= 0.3 is 0 Å². The second-order valence-corrected chi connectivity index (χ2v) is 7.49. The van der Waals surface area contributed by atoms with Gasteiger partial charge in [-0.25, -0.2) is 0 Å². The Hall–Kier alpha value is 0.140. The van der Waals surface area contributed by atoms with Crippen molar-refractivity contribution in [3.8, 4) is 0 Å². The van der Waals surface area contributed by atoms with Gasteiger partial charge in [-0.2, -0.15) is 0 Å². The quantitative estimate of drug-likeness (QED) is 0.698. The zero-order valence-electron chi connectivity index (χ0n) is 11.8. The average Bonchev–Trinajstić information content (AvgIpc) is 2.38. The van der Waals surface area contributed by atoms with Crippen LogP contribution in [0.1, 0.15) is 51.1 Å². The van der Waals surface area contributed by atoms with E-state index in [-0.39, 0.29) is 0 Å². The molecule has 0 saturated heterocycles. The maximum Gasteiger partial charge on any atom is 0.0359 e. The first kappa shape index (κ1) is 15.5. The monoisotopic (exact) mass is 387 g/mol. The molecule has 106 valence electrons. The summed E-state index contributed by atoms with van der Waals surface area (Å²) >= 11 is 7.26. The van der Waals surface area contributed by atoms with Crippen LogP contribution in [0.4, 0.5) is 0 Å². The zero-order valence-corrected chi connectivity index (χ0v) is 14.9. The van der Waals surface area contributed by atoms with E-state index in [2.05, 4.69) is 69.2 Å². The van der Waals surface area contributed by atoms with Crippen LogP contribution in [0, 0.1) is 11.8 Å². The topological polar surface area (TPSA) is 12.0 Å². The van der Waals surface area contributed by atoms with Crippen molar-refractivity contribution in [1.82, 2.24) is 5.32 Å². The van der Waals surface area contributed by atoms with Crippen molar-refractivity contribution in [3.05, 3.63) is 32.7 Å². The lowest BCUT2D eigenvalue weighted by atomic mass is 9.77. The minimum absolute atomic E-state index is 0.486. The molecule has 1 aliphatic carbocycles. The summed E-state index contributed by atoms with van der Waals surface area (Å²) in [4.78, 5) is 0. The molecule has 1 unspecified atom stereocenters. The smallest absolute Gasteiger partial charge is 0.0359 e. The van der Waals surface area contributed by atoms with E-state index in [1.54, 1.807) is 0 Å². The van der Waals surface area contributed by atoms with E-state index in [4.69, 9.17) is 0 Å². The third-order valence-electron chi connectivity index (χ3n) is 4.25. The highest BCUT2D eigenvalue weighted by molar-refractivity contribution is 9.11. The first-order valence-electron chi connectivity index (χ1n) is 7.30. The molecule has 0 aromatic heterocycles. The Morgan fingerprint density at radius 2 is 1.89 bits per heavy atom. The minimum atomic E-state index is 0.486. The molecule has 0 spiro atoms. The summed E-state index contributed by atoms with van der Waals surface area (Å²) in [7, 11) is 0. The van der Waals surface area contributed by atoms with Gasteiger partial charge < -0.3 is 5.32 Å². The molecule has 1 atom stereocenters. The molecule has 3 heteroatoms. The predicted molar refractivity (Wildman–Crippen MR) is 89.4 cm³/mol. The Morgan fingerprint density at radius 3 is 2.47 bits per heavy atom. The Balaban J connectivity index is 2.19. The summed E-state index contributed by atoms with van der Waals surface area (Å²) in [6, 6.07) is 7.04. The van der Waals surface area contributed by atoms with Crippen molar-refractivity contribution < 1.29 is 0 Å². The zero-order chi connectivity index (χ0) is 13.8. The normalized spacial score (nSPS) is 25.3. The van der Waals surface area contributed by atoms with Gasteiger partial charge in [-0.3, -0.25) is 0 Å². The third kappa shape index (κ3) is 4.05. The van der Waals surface area contributed by atoms with Gasteiger partial charge in [-0.05, 0) is 48.9 Å². The van der Waals surface area contributed by atoms with Crippen LogP contribution < -0.4 is 5.32 Å². The fourth-order valence-corrected chi connectivity index (χ4v) is 4.42. The lowest BCUT2D eigenvalue weighted by Crippen LogP contribution is -2.31. The first-order valence-corrected chi connectivity index (χ1v) is 8.88. The van der Waals surface area contributed by atoms with Crippen molar-refractivity contribution in [2.24, 2.45) is 11.8 Å². The molecule has 0 heterocycles. The average molecular weight is 389 g/mol. The molecule has 19 heavy (non-hydrogen) atoms. The lowest BCUT2D eigenvalue weighted by Gasteiger charge is -2.34. The molecule has 1 saturated carbocycles. The standard InChI is InChI=1S/C16H23Br2N/c1-3-19-16(12-6-4-11(2)5-7-12)14-9-8-13(17)10-15(14)18/h8-12,16,19H,3-7H2,1-2H3. The molecule has 0 bridgehead atoms. The fraction of sp³-hybridized carbons (Fsp3) is 0.625. The summed E-state index contributed by atoms with van der Waals surface area (Å²) in [6.07, 6.45) is 5.45. The number of benzene rings is 1. The SMILES string of the molecule is CCNC(c1ccc(Br)cc1Br)C1CCC(C)CC1. The van der Waals surface area contributed by atoms with E-state index in [9.17, 15) is 0 Å². The van der Waals surface area contributed by atoms with Crippen LogP contribution in [-0.2, 0) is 0 Å². The van der Waals surface area contributed by atoms with Crippen LogP contribution in [0.2, 0.25) is 0 Å². The van der Waals surface area contributed by atoms with Gasteiger partial charge in [0.1, 0.15) is 0 Å². The number of nitrogens with one attached hydrogen (secondary N) is 1. The molecule has 2 rings (SSSR count). The molecular formula is C16H23Br2N. The Bertz CT molecular complexity index is 411. The molecule has 0 radical (unpaired) electrons. The van der Waals surface area contributed by atoms with Crippen LogP contribution in [0.5, 0.6) is 0 Å². The van der Waals surface area contributed by atoms with Crippen LogP contribution in [-0.4, -0.2) is 6.54 Å². The Morgan fingerprint density at radius 1 is 1.21 bits per heavy atom. The fourth-order valence-electron chi connectivity index (χ4n) is 3.12. The van der Waals surface area contributed by atoms with E-state index in [1.807, 2.05) is 0 Å². The van der Waals surface area contributed by atoms with E-state index in [1.165, 1.54) is 35.7 Å². The van der Waals surface area contributed by atoms with Gasteiger partial charge in [0.05, 0.1) is 0 Å². The highest BCUT2D eigenvalue weighted by Gasteiger charge is 2.27. The summed E-state index contributed by atoms with van der Waals surface area (Å²) in [6.45, 7) is 5.61. The second-order valence-electron chi connectivity index (χ2n) is 5.72. The number of halogens is 2. The van der Waals surface area contributed by atoms with Gasteiger partial charge in [0, 0.05) is 15.0 Å². The second kappa shape index (κ2) is 7.24. The summed E-state index contributed by atoms with van der Waals surface area (Å²) in [5.41, 5.74) is 1.41. The van der Waals surface area contributed by atoms with Crippen LogP contribution in [0.15, 0.2) is 27.1 Å². The molecule has 0 amide bonds. The Labute approximate surface area is 133 Å². The summed E-state index contributed by atoms with van der Waals surface area (Å²) in [5, 5.41) is 3.70. The predicted octanol–water partition coefficient (Wildman–Crippen LogP) is 5.69. The van der Waals surface area contributed by atoms with E-state index in [0.717, 1.165) is 22.9 Å². The van der Waals surface area contributed by atoms with E-state index in [0.29, 0.717) is 6.04 Å². The van der Waals surface area contributed by atoms with Gasteiger partial charge in [0.2, 0.25) is 0 Å².